The number of alkyl halides is 2. The van der Waals surface area contributed by atoms with E-state index in [-0.39, 0.29) is 10.1 Å². The Morgan fingerprint density at radius 1 is 1.33 bits per heavy atom. The van der Waals surface area contributed by atoms with Gasteiger partial charge in [-0.15, -0.1) is 0 Å². The van der Waals surface area contributed by atoms with Crippen molar-refractivity contribution in [2.24, 2.45) is 0 Å². The fraction of sp³-hybridized carbons (Fsp3) is 0.462. The van der Waals surface area contributed by atoms with E-state index in [0.717, 1.165) is 10.2 Å². The van der Waals surface area contributed by atoms with Crippen LogP contribution in [0.3, 0.4) is 0 Å². The molecule has 2 nitrogen and oxygen atoms in total. The Bertz CT molecular complexity index is 381. The zero-order chi connectivity index (χ0) is 13.5. The molecule has 0 aromatic heterocycles. The summed E-state index contributed by atoms with van der Waals surface area (Å²) in [6.45, 7) is 4.94. The molecule has 1 unspecified atom stereocenters. The Balaban J connectivity index is 2.44. The van der Waals surface area contributed by atoms with Crippen LogP contribution >= 0.6 is 43.6 Å². The van der Waals surface area contributed by atoms with Gasteiger partial charge in [-0.25, -0.2) is 0 Å². The summed E-state index contributed by atoms with van der Waals surface area (Å²) in [7, 11) is 0. The highest BCUT2D eigenvalue weighted by atomic mass is 79.9. The third-order valence-corrected chi connectivity index (χ3v) is 5.53. The molecule has 0 aliphatic carbocycles. The van der Waals surface area contributed by atoms with Crippen LogP contribution in [-0.2, 0) is 0 Å². The molecule has 0 bridgehead atoms. The Morgan fingerprint density at radius 2 is 1.94 bits per heavy atom. The second-order valence-corrected chi connectivity index (χ2v) is 7.23. The highest BCUT2D eigenvalue weighted by Crippen LogP contribution is 2.22. The van der Waals surface area contributed by atoms with E-state index in [2.05, 4.69) is 63.2 Å². The number of rotatable bonds is 5. The van der Waals surface area contributed by atoms with E-state index in [1.165, 1.54) is 17.3 Å². The predicted molar refractivity (Wildman–Crippen MR) is 86.3 cm³/mol. The van der Waals surface area contributed by atoms with Crippen LogP contribution in [0.15, 0.2) is 29.2 Å². The first-order chi connectivity index (χ1) is 8.52. The molecule has 5 heteroatoms. The van der Waals surface area contributed by atoms with Gasteiger partial charge in [-0.2, -0.15) is 0 Å². The molecule has 100 valence electrons. The van der Waals surface area contributed by atoms with Crippen molar-refractivity contribution in [2.45, 2.75) is 29.5 Å². The number of benzene rings is 1. The molecule has 1 N–H and O–H groups in total. The number of nitrogens with one attached hydrogen (secondary N) is 1. The normalized spacial score (nSPS) is 12.5. The minimum absolute atomic E-state index is 0.0160. The molecule has 1 aromatic rings. The summed E-state index contributed by atoms with van der Waals surface area (Å²) >= 11 is 8.02. The summed E-state index contributed by atoms with van der Waals surface area (Å²) in [5.41, 5.74) is 1.29. The van der Waals surface area contributed by atoms with Crippen LogP contribution in [0.5, 0.6) is 0 Å². The van der Waals surface area contributed by atoms with E-state index in [9.17, 15) is 4.79 Å². The standard InChI is InChI=1S/C13H17Br2NOS/c1-9(2)10-3-5-12(6-4-10)18-13(17)16-8-11(15)7-14/h3-6,9,11H,7-8H2,1-2H3,(H,16,17). The van der Waals surface area contributed by atoms with Gasteiger partial charge in [0.05, 0.1) is 0 Å². The van der Waals surface area contributed by atoms with Crippen molar-refractivity contribution in [2.75, 3.05) is 11.9 Å². The van der Waals surface area contributed by atoms with Crippen molar-refractivity contribution in [1.82, 2.24) is 5.32 Å². The smallest absolute Gasteiger partial charge is 0.283 e. The lowest BCUT2D eigenvalue weighted by Gasteiger charge is -2.09. The molecular weight excluding hydrogens is 378 g/mol. The summed E-state index contributed by atoms with van der Waals surface area (Å²) in [5.74, 6) is 0.519. The second kappa shape index (κ2) is 8.23. The molecule has 1 aromatic carbocycles. The van der Waals surface area contributed by atoms with E-state index in [0.29, 0.717) is 12.5 Å². The summed E-state index contributed by atoms with van der Waals surface area (Å²) in [4.78, 5) is 12.9. The van der Waals surface area contributed by atoms with E-state index in [1.807, 2.05) is 12.1 Å². The Kier molecular flexibility index (Phi) is 7.34. The highest BCUT2D eigenvalue weighted by molar-refractivity contribution is 9.12. The number of carbonyl (C=O) groups excluding carboxylic acids is 1. The third-order valence-electron chi connectivity index (χ3n) is 2.39. The molecule has 0 heterocycles. The first kappa shape index (κ1) is 16.1. The average Bonchev–Trinajstić information content (AvgIpc) is 2.36. The van der Waals surface area contributed by atoms with Gasteiger partial charge in [0.2, 0.25) is 0 Å². The predicted octanol–water partition coefficient (Wildman–Crippen LogP) is 4.77. The second-order valence-electron chi connectivity index (χ2n) is 4.25. The lowest BCUT2D eigenvalue weighted by Crippen LogP contribution is -2.26. The third kappa shape index (κ3) is 5.76. The van der Waals surface area contributed by atoms with Crippen LogP contribution in [0.2, 0.25) is 0 Å². The van der Waals surface area contributed by atoms with Crippen LogP contribution in [0, 0.1) is 0 Å². The van der Waals surface area contributed by atoms with Gasteiger partial charge in [0.1, 0.15) is 0 Å². The zero-order valence-corrected chi connectivity index (χ0v) is 14.4. The minimum atomic E-state index is -0.0160. The SMILES string of the molecule is CC(C)c1ccc(SC(=O)NCC(Br)CBr)cc1. The maximum atomic E-state index is 11.7. The fourth-order valence-corrected chi connectivity index (χ4v) is 2.35. The molecular formula is C13H17Br2NOS. The Labute approximate surface area is 130 Å². The molecule has 1 atom stereocenters. The number of halogens is 2. The molecule has 1 amide bonds. The van der Waals surface area contributed by atoms with Gasteiger partial charge in [-0.1, -0.05) is 57.8 Å². The lowest BCUT2D eigenvalue weighted by molar-refractivity contribution is 0.261. The topological polar surface area (TPSA) is 29.1 Å². The molecule has 1 rings (SSSR count). The van der Waals surface area contributed by atoms with Gasteiger partial charge in [-0.05, 0) is 35.4 Å². The van der Waals surface area contributed by atoms with E-state index < -0.39 is 0 Å². The maximum Gasteiger partial charge on any atom is 0.283 e. The van der Waals surface area contributed by atoms with Gasteiger partial charge >= 0.3 is 0 Å². The van der Waals surface area contributed by atoms with Crippen molar-refractivity contribution in [3.8, 4) is 0 Å². The van der Waals surface area contributed by atoms with Crippen molar-refractivity contribution < 1.29 is 4.79 Å². The first-order valence-corrected chi connectivity index (χ1v) is 8.64. The van der Waals surface area contributed by atoms with Crippen LogP contribution in [0.1, 0.15) is 25.3 Å². The monoisotopic (exact) mass is 393 g/mol. The van der Waals surface area contributed by atoms with Crippen molar-refractivity contribution >= 4 is 48.9 Å². The summed E-state index contributed by atoms with van der Waals surface area (Å²) in [5, 5.41) is 3.67. The molecule has 0 spiro atoms. The van der Waals surface area contributed by atoms with Gasteiger partial charge < -0.3 is 5.32 Å². The minimum Gasteiger partial charge on any atom is -0.346 e. The van der Waals surface area contributed by atoms with E-state index in [4.69, 9.17) is 0 Å². The molecule has 0 aliphatic heterocycles. The Hall–Kier alpha value is 0. The van der Waals surface area contributed by atoms with Gasteiger partial charge in [-0.3, -0.25) is 4.79 Å². The first-order valence-electron chi connectivity index (χ1n) is 5.78. The fourth-order valence-electron chi connectivity index (χ4n) is 1.31. The molecule has 0 aliphatic rings. The molecule has 18 heavy (non-hydrogen) atoms. The average molecular weight is 395 g/mol. The molecule has 0 radical (unpaired) electrons. The summed E-state index contributed by atoms with van der Waals surface area (Å²) in [6.07, 6.45) is 0. The van der Waals surface area contributed by atoms with Crippen molar-refractivity contribution in [1.29, 1.82) is 0 Å². The van der Waals surface area contributed by atoms with Crippen molar-refractivity contribution in [3.63, 3.8) is 0 Å². The largest absolute Gasteiger partial charge is 0.346 e. The van der Waals surface area contributed by atoms with E-state index in [1.54, 1.807) is 0 Å². The molecule has 0 saturated heterocycles. The van der Waals surface area contributed by atoms with E-state index >= 15 is 0 Å². The maximum absolute atomic E-state index is 11.7. The van der Waals surface area contributed by atoms with Crippen LogP contribution < -0.4 is 5.32 Å². The quantitative estimate of drug-likeness (QED) is 0.575. The van der Waals surface area contributed by atoms with Crippen molar-refractivity contribution in [3.05, 3.63) is 29.8 Å². The van der Waals surface area contributed by atoms with Crippen LogP contribution in [-0.4, -0.2) is 21.9 Å². The number of hydrogen-bond acceptors (Lipinski definition) is 2. The summed E-state index contributed by atoms with van der Waals surface area (Å²) in [6, 6.07) is 8.14. The zero-order valence-electron chi connectivity index (χ0n) is 10.5. The van der Waals surface area contributed by atoms with Gasteiger partial charge in [0, 0.05) is 21.6 Å². The summed E-state index contributed by atoms with van der Waals surface area (Å²) < 4.78 is 0. The number of thioether (sulfide) groups is 1. The molecule has 0 fully saturated rings. The van der Waals surface area contributed by atoms with Gasteiger partial charge in [0.25, 0.3) is 5.24 Å². The number of carbonyl (C=O) groups is 1. The highest BCUT2D eigenvalue weighted by Gasteiger charge is 2.07. The number of amides is 1. The lowest BCUT2D eigenvalue weighted by atomic mass is 10.0. The Morgan fingerprint density at radius 3 is 2.44 bits per heavy atom. The number of hydrogen-bond donors (Lipinski definition) is 1. The molecule has 0 saturated carbocycles. The van der Waals surface area contributed by atoms with Crippen LogP contribution in [0.25, 0.3) is 0 Å². The van der Waals surface area contributed by atoms with Gasteiger partial charge in [0.15, 0.2) is 0 Å². The van der Waals surface area contributed by atoms with Crippen LogP contribution in [0.4, 0.5) is 4.79 Å².